The summed E-state index contributed by atoms with van der Waals surface area (Å²) in [6.45, 7) is 5.26. The van der Waals surface area contributed by atoms with Crippen molar-refractivity contribution in [3.05, 3.63) is 53.8 Å². The van der Waals surface area contributed by atoms with Gasteiger partial charge in [0.25, 0.3) is 0 Å². The molecule has 0 aliphatic heterocycles. The summed E-state index contributed by atoms with van der Waals surface area (Å²) in [7, 11) is 5.44. The zero-order valence-electron chi connectivity index (χ0n) is 9.92. The first-order chi connectivity index (χ1) is 8.38. The first kappa shape index (κ1) is 14.4. The molecule has 2 radical (unpaired) electrons. The summed E-state index contributed by atoms with van der Waals surface area (Å²) in [5.74, 6) is 0.476. The van der Waals surface area contributed by atoms with Gasteiger partial charge in [-0.1, -0.05) is 19.0 Å². The minimum atomic E-state index is -4.39. The molecule has 1 aromatic carbocycles. The van der Waals surface area contributed by atoms with E-state index in [1.165, 1.54) is 18.2 Å². The van der Waals surface area contributed by atoms with Crippen LogP contribution in [0.4, 0.5) is 13.2 Å². The lowest BCUT2D eigenvalue weighted by atomic mass is 9.97. The Kier molecular flexibility index (Phi) is 4.65. The van der Waals surface area contributed by atoms with E-state index in [0.717, 1.165) is 12.1 Å². The van der Waals surface area contributed by atoms with E-state index in [4.69, 9.17) is 12.6 Å². The van der Waals surface area contributed by atoms with Crippen molar-refractivity contribution in [1.29, 1.82) is 0 Å². The van der Waals surface area contributed by atoms with Crippen LogP contribution in [0.3, 0.4) is 0 Å². The number of hydrogen-bond acceptors (Lipinski definition) is 1. The predicted octanol–water partition coefficient (Wildman–Crippen LogP) is 4.13. The summed E-state index contributed by atoms with van der Waals surface area (Å²) in [5.41, 5.74) is -0.0452. The third-order valence-electron chi connectivity index (χ3n) is 2.30. The number of allylic oxidation sites excluding steroid dienone is 2. The van der Waals surface area contributed by atoms with Crippen molar-refractivity contribution in [2.75, 3.05) is 0 Å². The predicted molar refractivity (Wildman–Crippen MR) is 65.5 cm³/mol. The maximum atomic E-state index is 12.5. The fourth-order valence-electron chi connectivity index (χ4n) is 1.27. The van der Waals surface area contributed by atoms with Gasteiger partial charge in [0, 0.05) is 0 Å². The van der Waals surface area contributed by atoms with E-state index in [-0.39, 0.29) is 12.1 Å². The molecule has 0 bridgehead atoms. The number of alkyl halides is 3. The maximum Gasteiger partial charge on any atom is 0.416 e. The van der Waals surface area contributed by atoms with Crippen LogP contribution in [-0.4, -0.2) is 7.85 Å². The van der Waals surface area contributed by atoms with Crippen LogP contribution >= 0.6 is 0 Å². The van der Waals surface area contributed by atoms with Crippen molar-refractivity contribution in [3.63, 3.8) is 0 Å². The molecule has 0 fully saturated rings. The Morgan fingerprint density at radius 1 is 1.44 bits per heavy atom. The minimum absolute atomic E-state index is 0.104. The second-order valence-electron chi connectivity index (χ2n) is 3.68. The van der Waals surface area contributed by atoms with Gasteiger partial charge >= 0.3 is 6.18 Å². The van der Waals surface area contributed by atoms with E-state index in [2.05, 4.69) is 6.58 Å². The molecular formula is C13H12BF3O. The van der Waals surface area contributed by atoms with Crippen LogP contribution in [0.15, 0.2) is 48.3 Å². The van der Waals surface area contributed by atoms with Gasteiger partial charge in [0.15, 0.2) is 0 Å². The summed E-state index contributed by atoms with van der Waals surface area (Å²) in [5, 5.41) is 0. The molecule has 0 amide bonds. The minimum Gasteiger partial charge on any atom is -0.457 e. The highest BCUT2D eigenvalue weighted by atomic mass is 19.4. The molecule has 0 heterocycles. The fourth-order valence-corrected chi connectivity index (χ4v) is 1.27. The zero-order valence-corrected chi connectivity index (χ0v) is 9.92. The van der Waals surface area contributed by atoms with E-state index in [9.17, 15) is 13.2 Å². The molecule has 18 heavy (non-hydrogen) atoms. The van der Waals surface area contributed by atoms with Gasteiger partial charge in [0.2, 0.25) is 0 Å². The summed E-state index contributed by atoms with van der Waals surface area (Å²) in [4.78, 5) is 0. The molecular weight excluding hydrogens is 240 g/mol. The van der Waals surface area contributed by atoms with Crippen LogP contribution in [0.5, 0.6) is 5.75 Å². The zero-order chi connectivity index (χ0) is 13.8. The number of halogens is 3. The van der Waals surface area contributed by atoms with Crippen molar-refractivity contribution in [2.24, 2.45) is 0 Å². The highest BCUT2D eigenvalue weighted by molar-refractivity contribution is 6.10. The van der Waals surface area contributed by atoms with E-state index < -0.39 is 11.7 Å². The Labute approximate surface area is 105 Å². The number of benzene rings is 1. The van der Waals surface area contributed by atoms with Crippen LogP contribution in [-0.2, 0) is 6.18 Å². The lowest BCUT2D eigenvalue weighted by Gasteiger charge is -2.12. The lowest BCUT2D eigenvalue weighted by Crippen LogP contribution is -2.05. The summed E-state index contributed by atoms with van der Waals surface area (Å²) in [6, 6.07) is 4.66. The highest BCUT2D eigenvalue weighted by Gasteiger charge is 2.30. The molecule has 0 aliphatic rings. The molecule has 1 nitrogen and oxygen atoms in total. The summed E-state index contributed by atoms with van der Waals surface area (Å²) in [6.07, 6.45) is -2.72. The summed E-state index contributed by atoms with van der Waals surface area (Å²) < 4.78 is 42.8. The van der Waals surface area contributed by atoms with Crippen LogP contribution in [0, 0.1) is 0 Å². The van der Waals surface area contributed by atoms with E-state index >= 15 is 0 Å². The van der Waals surface area contributed by atoms with E-state index in [0.29, 0.717) is 11.3 Å². The van der Waals surface area contributed by atoms with Crippen molar-refractivity contribution in [1.82, 2.24) is 0 Å². The first-order valence-corrected chi connectivity index (χ1v) is 5.26. The molecule has 0 aromatic heterocycles. The Morgan fingerprint density at radius 2 is 2.11 bits per heavy atom. The molecule has 0 atom stereocenters. The van der Waals surface area contributed by atoms with Crippen LogP contribution in [0.2, 0.25) is 6.32 Å². The van der Waals surface area contributed by atoms with Crippen LogP contribution in [0.25, 0.3) is 0 Å². The third kappa shape index (κ3) is 3.69. The Hall–Kier alpha value is -1.65. The maximum absolute atomic E-state index is 12.5. The van der Waals surface area contributed by atoms with Gasteiger partial charge in [-0.2, -0.15) is 13.2 Å². The van der Waals surface area contributed by atoms with Gasteiger partial charge in [-0.05, 0) is 36.8 Å². The molecule has 0 aliphatic carbocycles. The van der Waals surface area contributed by atoms with Crippen LogP contribution in [0.1, 0.15) is 12.5 Å². The fraction of sp³-hybridized carbons (Fsp3) is 0.231. The standard InChI is InChI=1S/C13H12BF3O/c1-3-12(9(2)8-14)18-11-6-4-5-10(7-11)13(15,16)17/h3-7H,1,8H2,2H3/b12-9+. The Bertz CT molecular complexity index is 464. The average molecular weight is 252 g/mol. The molecule has 1 rings (SSSR count). The molecule has 0 unspecified atom stereocenters. The van der Waals surface area contributed by atoms with Gasteiger partial charge in [-0.15, -0.1) is 0 Å². The third-order valence-corrected chi connectivity index (χ3v) is 2.30. The Morgan fingerprint density at radius 3 is 2.61 bits per heavy atom. The molecule has 94 valence electrons. The monoisotopic (exact) mass is 252 g/mol. The van der Waals surface area contributed by atoms with E-state index in [1.807, 2.05) is 0 Å². The number of rotatable bonds is 4. The molecule has 0 saturated heterocycles. The SMILES string of the molecule is [B]C/C(C)=C(\C=C)Oc1cccc(C(F)(F)F)c1. The van der Waals surface area contributed by atoms with E-state index in [1.54, 1.807) is 6.92 Å². The molecule has 1 aromatic rings. The van der Waals surface area contributed by atoms with Gasteiger partial charge in [0.1, 0.15) is 11.5 Å². The highest BCUT2D eigenvalue weighted by Crippen LogP contribution is 2.31. The largest absolute Gasteiger partial charge is 0.457 e. The van der Waals surface area contributed by atoms with Crippen LogP contribution < -0.4 is 4.74 Å². The van der Waals surface area contributed by atoms with Crippen molar-refractivity contribution >= 4 is 7.85 Å². The van der Waals surface area contributed by atoms with Gasteiger partial charge in [-0.25, -0.2) is 0 Å². The summed E-state index contributed by atoms with van der Waals surface area (Å²) >= 11 is 0. The molecule has 0 N–H and O–H groups in total. The number of hydrogen-bond donors (Lipinski definition) is 0. The topological polar surface area (TPSA) is 9.23 Å². The van der Waals surface area contributed by atoms with Gasteiger partial charge in [-0.3, -0.25) is 0 Å². The smallest absolute Gasteiger partial charge is 0.416 e. The Balaban J connectivity index is 3.02. The average Bonchev–Trinajstić information content (AvgIpc) is 2.34. The lowest BCUT2D eigenvalue weighted by molar-refractivity contribution is -0.137. The normalized spacial score (nSPS) is 12.9. The van der Waals surface area contributed by atoms with Gasteiger partial charge in [0.05, 0.1) is 13.4 Å². The second kappa shape index (κ2) is 5.80. The quantitative estimate of drug-likeness (QED) is 0.444. The number of ether oxygens (including phenoxy) is 1. The molecule has 0 saturated carbocycles. The molecule has 0 spiro atoms. The van der Waals surface area contributed by atoms with Crippen molar-refractivity contribution < 1.29 is 17.9 Å². The second-order valence-corrected chi connectivity index (χ2v) is 3.68. The first-order valence-electron chi connectivity index (χ1n) is 5.26. The van der Waals surface area contributed by atoms with Crippen molar-refractivity contribution in [2.45, 2.75) is 19.4 Å². The molecule has 5 heteroatoms. The van der Waals surface area contributed by atoms with Gasteiger partial charge < -0.3 is 4.74 Å². The van der Waals surface area contributed by atoms with Crippen molar-refractivity contribution in [3.8, 4) is 5.75 Å².